The molecule has 0 spiro atoms. The van der Waals surface area contributed by atoms with Crippen molar-refractivity contribution in [2.24, 2.45) is 0 Å². The van der Waals surface area contributed by atoms with Crippen LogP contribution in [0.25, 0.3) is 0 Å². The lowest BCUT2D eigenvalue weighted by Crippen LogP contribution is -2.26. The van der Waals surface area contributed by atoms with Crippen LogP contribution in [-0.4, -0.2) is 31.0 Å². The van der Waals surface area contributed by atoms with E-state index in [2.05, 4.69) is 0 Å². The molecular weight excluding hydrogens is 295 g/mol. The van der Waals surface area contributed by atoms with Gasteiger partial charge in [-0.25, -0.2) is 17.5 Å². The zero-order chi connectivity index (χ0) is 15.3. The van der Waals surface area contributed by atoms with Gasteiger partial charge in [-0.05, 0) is 12.5 Å². The molecule has 0 bridgehead atoms. The van der Waals surface area contributed by atoms with Crippen LogP contribution in [0, 0.1) is 15.9 Å². The molecule has 0 heterocycles. The Morgan fingerprint density at radius 1 is 1.45 bits per heavy atom. The Balaban J connectivity index is 2.82. The summed E-state index contributed by atoms with van der Waals surface area (Å²) in [4.78, 5) is 19.1. The highest BCUT2D eigenvalue weighted by Crippen LogP contribution is 2.20. The highest BCUT2D eigenvalue weighted by molar-refractivity contribution is 7.89. The second-order valence-electron chi connectivity index (χ2n) is 3.77. The number of non-ortho nitro benzene ring substituents is 1. The summed E-state index contributed by atoms with van der Waals surface area (Å²) < 4.78 is 39.0. The highest BCUT2D eigenvalue weighted by atomic mass is 32.2. The minimum Gasteiger partial charge on any atom is -0.481 e. The first-order chi connectivity index (χ1) is 9.24. The molecule has 0 atom stereocenters. The van der Waals surface area contributed by atoms with Crippen molar-refractivity contribution in [1.82, 2.24) is 4.72 Å². The fraction of sp³-hybridized carbons (Fsp3) is 0.300. The normalized spacial score (nSPS) is 11.2. The maximum Gasteiger partial charge on any atom is 0.303 e. The first-order valence-electron chi connectivity index (χ1n) is 5.39. The first-order valence-corrected chi connectivity index (χ1v) is 6.88. The third-order valence-electron chi connectivity index (χ3n) is 2.28. The average molecular weight is 306 g/mol. The standard InChI is InChI=1S/C10H11FN2O6S/c11-8-6-7(13(16)17)3-4-9(8)20(18,19)12-5-1-2-10(14)15/h3-4,6,12H,1-2,5H2,(H,14,15). The van der Waals surface area contributed by atoms with E-state index in [1.165, 1.54) is 0 Å². The van der Waals surface area contributed by atoms with E-state index < -0.39 is 37.3 Å². The Labute approximate surface area is 113 Å². The number of benzene rings is 1. The Kier molecular flexibility index (Phi) is 5.11. The third kappa shape index (κ3) is 4.24. The van der Waals surface area contributed by atoms with Crippen molar-refractivity contribution in [3.8, 4) is 0 Å². The summed E-state index contributed by atoms with van der Waals surface area (Å²) in [5.41, 5.74) is -0.563. The largest absolute Gasteiger partial charge is 0.481 e. The number of sulfonamides is 1. The number of halogens is 1. The van der Waals surface area contributed by atoms with Gasteiger partial charge in [-0.3, -0.25) is 14.9 Å². The minimum absolute atomic E-state index is 0.0448. The quantitative estimate of drug-likeness (QED) is 0.437. The van der Waals surface area contributed by atoms with Crippen LogP contribution in [0.4, 0.5) is 10.1 Å². The van der Waals surface area contributed by atoms with Crippen molar-refractivity contribution in [1.29, 1.82) is 0 Å². The summed E-state index contributed by atoms with van der Waals surface area (Å²) in [6, 6.07) is 2.16. The van der Waals surface area contributed by atoms with Crippen LogP contribution in [0.15, 0.2) is 23.1 Å². The monoisotopic (exact) mass is 306 g/mol. The lowest BCUT2D eigenvalue weighted by atomic mass is 10.3. The molecule has 20 heavy (non-hydrogen) atoms. The van der Waals surface area contributed by atoms with Gasteiger partial charge in [-0.15, -0.1) is 0 Å². The second-order valence-corrected chi connectivity index (χ2v) is 5.50. The number of rotatable bonds is 7. The number of nitrogens with one attached hydrogen (secondary N) is 1. The van der Waals surface area contributed by atoms with Gasteiger partial charge in [0.2, 0.25) is 10.0 Å². The topological polar surface area (TPSA) is 127 Å². The molecule has 0 fully saturated rings. The van der Waals surface area contributed by atoms with E-state index in [-0.39, 0.29) is 19.4 Å². The Bertz CT molecular complexity index is 631. The lowest BCUT2D eigenvalue weighted by Gasteiger charge is -2.06. The molecule has 0 aliphatic heterocycles. The molecule has 0 saturated carbocycles. The fourth-order valence-electron chi connectivity index (χ4n) is 1.35. The van der Waals surface area contributed by atoms with E-state index in [9.17, 15) is 27.7 Å². The van der Waals surface area contributed by atoms with E-state index in [4.69, 9.17) is 5.11 Å². The molecule has 110 valence electrons. The Hall–Kier alpha value is -2.07. The molecule has 0 aliphatic rings. The van der Waals surface area contributed by atoms with Gasteiger partial charge in [0.25, 0.3) is 5.69 Å². The molecule has 0 unspecified atom stereocenters. The fourth-order valence-corrected chi connectivity index (χ4v) is 2.48. The van der Waals surface area contributed by atoms with Crippen LogP contribution in [-0.2, 0) is 14.8 Å². The number of hydrogen-bond donors (Lipinski definition) is 2. The molecule has 8 nitrogen and oxygen atoms in total. The summed E-state index contributed by atoms with van der Waals surface area (Å²) in [6.07, 6.45) is -0.186. The van der Waals surface area contributed by atoms with Crippen LogP contribution in [0.5, 0.6) is 0 Å². The maximum atomic E-state index is 13.5. The van der Waals surface area contributed by atoms with Gasteiger partial charge in [0, 0.05) is 19.0 Å². The molecule has 1 aromatic carbocycles. The summed E-state index contributed by atoms with van der Waals surface area (Å²) in [6.45, 7) is -0.176. The van der Waals surface area contributed by atoms with Gasteiger partial charge < -0.3 is 5.11 Å². The zero-order valence-electron chi connectivity index (χ0n) is 10.1. The van der Waals surface area contributed by atoms with E-state index >= 15 is 0 Å². The summed E-state index contributed by atoms with van der Waals surface area (Å²) >= 11 is 0. The number of carboxylic acids is 1. The minimum atomic E-state index is -4.17. The molecule has 0 amide bonds. The van der Waals surface area contributed by atoms with Crippen LogP contribution >= 0.6 is 0 Å². The van der Waals surface area contributed by atoms with Crippen molar-refractivity contribution in [2.45, 2.75) is 17.7 Å². The molecule has 2 N–H and O–H groups in total. The molecule has 0 radical (unpaired) electrons. The van der Waals surface area contributed by atoms with Gasteiger partial charge in [0.05, 0.1) is 11.0 Å². The van der Waals surface area contributed by atoms with Gasteiger partial charge in [0.1, 0.15) is 10.7 Å². The molecule has 1 aromatic rings. The van der Waals surface area contributed by atoms with E-state index in [0.29, 0.717) is 6.07 Å². The van der Waals surface area contributed by atoms with Gasteiger partial charge in [-0.2, -0.15) is 0 Å². The first kappa shape index (κ1) is 16.0. The number of nitro benzene ring substituents is 1. The predicted octanol–water partition coefficient (Wildman–Crippen LogP) is 0.877. The molecule has 0 aliphatic carbocycles. The van der Waals surface area contributed by atoms with Gasteiger partial charge >= 0.3 is 5.97 Å². The zero-order valence-corrected chi connectivity index (χ0v) is 10.9. The Morgan fingerprint density at radius 3 is 2.60 bits per heavy atom. The Morgan fingerprint density at radius 2 is 2.10 bits per heavy atom. The summed E-state index contributed by atoms with van der Waals surface area (Å²) in [5.74, 6) is -2.32. The summed E-state index contributed by atoms with van der Waals surface area (Å²) in [5, 5.41) is 18.8. The smallest absolute Gasteiger partial charge is 0.303 e. The van der Waals surface area contributed by atoms with Crippen LogP contribution in [0.2, 0.25) is 0 Å². The van der Waals surface area contributed by atoms with Crippen molar-refractivity contribution in [2.75, 3.05) is 6.54 Å². The van der Waals surface area contributed by atoms with Crippen LogP contribution < -0.4 is 4.72 Å². The number of aliphatic carboxylic acids is 1. The highest BCUT2D eigenvalue weighted by Gasteiger charge is 2.21. The van der Waals surface area contributed by atoms with Crippen molar-refractivity contribution in [3.05, 3.63) is 34.1 Å². The van der Waals surface area contributed by atoms with Crippen molar-refractivity contribution in [3.63, 3.8) is 0 Å². The summed E-state index contributed by atoms with van der Waals surface area (Å²) in [7, 11) is -4.17. The molecular formula is C10H11FN2O6S. The van der Waals surface area contributed by atoms with Crippen LogP contribution in [0.3, 0.4) is 0 Å². The molecule has 0 saturated heterocycles. The number of carboxylic acid groups (broad SMARTS) is 1. The number of nitro groups is 1. The molecule has 1 rings (SSSR count). The number of hydrogen-bond acceptors (Lipinski definition) is 5. The second kappa shape index (κ2) is 6.39. The van der Waals surface area contributed by atoms with E-state index in [1.807, 2.05) is 4.72 Å². The number of carbonyl (C=O) groups is 1. The number of nitrogens with zero attached hydrogens (tertiary/aromatic N) is 1. The third-order valence-corrected chi connectivity index (χ3v) is 3.77. The lowest BCUT2D eigenvalue weighted by molar-refractivity contribution is -0.385. The average Bonchev–Trinajstić information content (AvgIpc) is 2.34. The van der Waals surface area contributed by atoms with Crippen molar-refractivity contribution >= 4 is 21.7 Å². The van der Waals surface area contributed by atoms with Crippen LogP contribution in [0.1, 0.15) is 12.8 Å². The van der Waals surface area contributed by atoms with Gasteiger partial charge in [0.15, 0.2) is 0 Å². The predicted molar refractivity (Wildman–Crippen MR) is 65.1 cm³/mol. The van der Waals surface area contributed by atoms with Gasteiger partial charge in [-0.1, -0.05) is 0 Å². The molecule has 0 aromatic heterocycles. The van der Waals surface area contributed by atoms with Crippen molar-refractivity contribution < 1.29 is 27.6 Å². The SMILES string of the molecule is O=C(O)CCCNS(=O)(=O)c1ccc([N+](=O)[O-])cc1F. The molecule has 10 heteroatoms. The maximum absolute atomic E-state index is 13.5. The van der Waals surface area contributed by atoms with E-state index in [0.717, 1.165) is 12.1 Å². The van der Waals surface area contributed by atoms with E-state index in [1.54, 1.807) is 0 Å².